The standard InChI is InChI=1S/C29H30Cl2N4O3/c1-38-16-15-34-11-13-35(14-12-34)27(36)23-7-2-3-8-25(23)33-29(19-20-5-4-6-21(30)17-20)24-10-9-22(31)18-26(24)32-28(29)37/h2-10,17-18,33H,11-16,19H2,1H3,(H,32,37). The van der Waals surface area contributed by atoms with Gasteiger partial charge in [0.1, 0.15) is 5.54 Å². The summed E-state index contributed by atoms with van der Waals surface area (Å²) in [5.41, 5.74) is 2.26. The summed E-state index contributed by atoms with van der Waals surface area (Å²) in [6, 6.07) is 20.2. The molecule has 3 aromatic rings. The van der Waals surface area contributed by atoms with Crippen LogP contribution in [-0.2, 0) is 21.5 Å². The SMILES string of the molecule is COCCN1CCN(C(=O)c2ccccc2NC2(Cc3cccc(Cl)c3)C(=O)Nc3cc(Cl)ccc32)CC1. The number of carbonyl (C=O) groups excluding carboxylic acids is 2. The Bertz CT molecular complexity index is 1340. The number of para-hydroxylation sites is 1. The maximum absolute atomic E-state index is 13.7. The first-order valence-corrected chi connectivity index (χ1v) is 13.4. The van der Waals surface area contributed by atoms with Crippen LogP contribution in [0.4, 0.5) is 11.4 Å². The lowest BCUT2D eigenvalue weighted by atomic mass is 9.84. The zero-order valence-electron chi connectivity index (χ0n) is 21.2. The summed E-state index contributed by atoms with van der Waals surface area (Å²) < 4.78 is 5.19. The highest BCUT2D eigenvalue weighted by Crippen LogP contribution is 2.43. The average molecular weight is 553 g/mol. The number of fused-ring (bicyclic) bond motifs is 1. The summed E-state index contributed by atoms with van der Waals surface area (Å²) in [4.78, 5) is 31.6. The third-order valence-electron chi connectivity index (χ3n) is 7.21. The van der Waals surface area contributed by atoms with Crippen LogP contribution in [-0.4, -0.2) is 68.1 Å². The second-order valence-electron chi connectivity index (χ2n) is 9.65. The van der Waals surface area contributed by atoms with Gasteiger partial charge in [-0.25, -0.2) is 0 Å². The van der Waals surface area contributed by atoms with Crippen LogP contribution >= 0.6 is 23.2 Å². The average Bonchev–Trinajstić information content (AvgIpc) is 3.17. The van der Waals surface area contributed by atoms with Crippen molar-refractivity contribution in [3.63, 3.8) is 0 Å². The lowest BCUT2D eigenvalue weighted by molar-refractivity contribution is -0.119. The fourth-order valence-corrected chi connectivity index (χ4v) is 5.60. The van der Waals surface area contributed by atoms with Gasteiger partial charge in [0, 0.05) is 73.2 Å². The zero-order valence-corrected chi connectivity index (χ0v) is 22.7. The van der Waals surface area contributed by atoms with Crippen molar-refractivity contribution in [1.82, 2.24) is 9.80 Å². The number of benzene rings is 3. The monoisotopic (exact) mass is 552 g/mol. The molecule has 1 fully saturated rings. The van der Waals surface area contributed by atoms with Crippen molar-refractivity contribution >= 4 is 46.4 Å². The predicted octanol–water partition coefficient (Wildman–Crippen LogP) is 4.90. The Labute approximate surface area is 232 Å². The molecule has 2 aliphatic rings. The van der Waals surface area contributed by atoms with E-state index in [1.54, 1.807) is 25.3 Å². The smallest absolute Gasteiger partial charge is 0.256 e. The summed E-state index contributed by atoms with van der Waals surface area (Å²) in [7, 11) is 1.69. The molecule has 3 aromatic carbocycles. The molecule has 2 N–H and O–H groups in total. The van der Waals surface area contributed by atoms with Crippen LogP contribution in [0.2, 0.25) is 10.0 Å². The molecule has 0 aromatic heterocycles. The predicted molar refractivity (Wildman–Crippen MR) is 151 cm³/mol. The maximum atomic E-state index is 13.7. The first-order valence-electron chi connectivity index (χ1n) is 12.6. The van der Waals surface area contributed by atoms with Crippen molar-refractivity contribution in [2.75, 3.05) is 57.1 Å². The second-order valence-corrected chi connectivity index (χ2v) is 10.5. The van der Waals surface area contributed by atoms with Crippen LogP contribution in [0.5, 0.6) is 0 Å². The Morgan fingerprint density at radius 1 is 1.00 bits per heavy atom. The molecule has 7 nitrogen and oxygen atoms in total. The van der Waals surface area contributed by atoms with Gasteiger partial charge in [-0.3, -0.25) is 14.5 Å². The van der Waals surface area contributed by atoms with Gasteiger partial charge in [0.05, 0.1) is 12.2 Å². The van der Waals surface area contributed by atoms with Crippen LogP contribution in [0.15, 0.2) is 66.7 Å². The molecule has 38 heavy (non-hydrogen) atoms. The number of amides is 2. The largest absolute Gasteiger partial charge is 0.383 e. The lowest BCUT2D eigenvalue weighted by Gasteiger charge is -2.35. The van der Waals surface area contributed by atoms with Crippen LogP contribution in [0, 0.1) is 0 Å². The van der Waals surface area contributed by atoms with E-state index in [0.29, 0.717) is 53.1 Å². The summed E-state index contributed by atoms with van der Waals surface area (Å²) in [6.07, 6.45) is 0.328. The van der Waals surface area contributed by atoms with Crippen molar-refractivity contribution in [1.29, 1.82) is 0 Å². The number of rotatable bonds is 8. The van der Waals surface area contributed by atoms with E-state index in [0.717, 1.165) is 30.8 Å². The molecule has 1 unspecified atom stereocenters. The van der Waals surface area contributed by atoms with Crippen LogP contribution in [0.25, 0.3) is 0 Å². The van der Waals surface area contributed by atoms with Crippen LogP contribution < -0.4 is 10.6 Å². The minimum Gasteiger partial charge on any atom is -0.383 e. The van der Waals surface area contributed by atoms with Gasteiger partial charge >= 0.3 is 0 Å². The molecule has 2 amide bonds. The Morgan fingerprint density at radius 2 is 1.76 bits per heavy atom. The number of ether oxygens (including phenoxy) is 1. The van der Waals surface area contributed by atoms with Crippen LogP contribution in [0.1, 0.15) is 21.5 Å². The Hall–Kier alpha value is -3.10. The highest BCUT2D eigenvalue weighted by molar-refractivity contribution is 6.31. The lowest BCUT2D eigenvalue weighted by Crippen LogP contribution is -2.49. The van der Waals surface area contributed by atoms with Crippen LogP contribution in [0.3, 0.4) is 0 Å². The zero-order chi connectivity index (χ0) is 26.7. The van der Waals surface area contributed by atoms with E-state index in [-0.39, 0.29) is 11.8 Å². The number of carbonyl (C=O) groups is 2. The summed E-state index contributed by atoms with van der Waals surface area (Å²) >= 11 is 12.5. The molecule has 2 aliphatic heterocycles. The minimum atomic E-state index is -1.17. The number of halogens is 2. The van der Waals surface area contributed by atoms with Crippen molar-refractivity contribution < 1.29 is 14.3 Å². The molecule has 0 spiro atoms. The molecular formula is C29H30Cl2N4O3. The first kappa shape index (κ1) is 26.5. The Balaban J connectivity index is 1.47. The third kappa shape index (κ3) is 5.38. The van der Waals surface area contributed by atoms with Crippen molar-refractivity contribution in [3.8, 4) is 0 Å². The molecule has 9 heteroatoms. The topological polar surface area (TPSA) is 73.9 Å². The van der Waals surface area contributed by atoms with E-state index in [1.165, 1.54) is 0 Å². The number of hydrogen-bond donors (Lipinski definition) is 2. The maximum Gasteiger partial charge on any atom is 0.256 e. The van der Waals surface area contributed by atoms with Gasteiger partial charge in [-0.1, -0.05) is 53.5 Å². The van der Waals surface area contributed by atoms with E-state index < -0.39 is 5.54 Å². The molecule has 0 saturated carbocycles. The van der Waals surface area contributed by atoms with E-state index in [9.17, 15) is 9.59 Å². The van der Waals surface area contributed by atoms with E-state index >= 15 is 0 Å². The molecule has 0 radical (unpaired) electrons. The fourth-order valence-electron chi connectivity index (χ4n) is 5.21. The first-order chi connectivity index (χ1) is 18.4. The minimum absolute atomic E-state index is 0.0628. The normalized spacial score (nSPS) is 19.2. The summed E-state index contributed by atoms with van der Waals surface area (Å²) in [5.74, 6) is -0.282. The van der Waals surface area contributed by atoms with Crippen molar-refractivity contribution in [2.45, 2.75) is 12.0 Å². The van der Waals surface area contributed by atoms with Gasteiger partial charge < -0.3 is 20.3 Å². The number of hydrogen-bond acceptors (Lipinski definition) is 5. The van der Waals surface area contributed by atoms with Gasteiger partial charge in [0.2, 0.25) is 0 Å². The molecule has 2 heterocycles. The number of nitrogens with zero attached hydrogens (tertiary/aromatic N) is 2. The van der Waals surface area contributed by atoms with Gasteiger partial charge in [-0.2, -0.15) is 0 Å². The second kappa shape index (κ2) is 11.3. The number of nitrogens with one attached hydrogen (secondary N) is 2. The van der Waals surface area contributed by atoms with E-state index in [1.807, 2.05) is 53.4 Å². The molecule has 0 aliphatic carbocycles. The van der Waals surface area contributed by atoms with Gasteiger partial charge in [-0.05, 0) is 42.0 Å². The Morgan fingerprint density at radius 3 is 2.53 bits per heavy atom. The Kier molecular flexibility index (Phi) is 7.91. The van der Waals surface area contributed by atoms with Crippen molar-refractivity contribution in [3.05, 3.63) is 93.5 Å². The van der Waals surface area contributed by atoms with Gasteiger partial charge in [0.25, 0.3) is 11.8 Å². The molecule has 5 rings (SSSR count). The molecular weight excluding hydrogens is 523 g/mol. The van der Waals surface area contributed by atoms with Gasteiger partial charge in [0.15, 0.2) is 0 Å². The molecule has 1 atom stereocenters. The molecule has 198 valence electrons. The van der Waals surface area contributed by atoms with Gasteiger partial charge in [-0.15, -0.1) is 0 Å². The highest BCUT2D eigenvalue weighted by Gasteiger charge is 2.47. The highest BCUT2D eigenvalue weighted by atomic mass is 35.5. The number of anilines is 2. The molecule has 1 saturated heterocycles. The quantitative estimate of drug-likeness (QED) is 0.415. The number of methoxy groups -OCH3 is 1. The van der Waals surface area contributed by atoms with E-state index in [4.69, 9.17) is 27.9 Å². The summed E-state index contributed by atoms with van der Waals surface area (Å²) in [6.45, 7) is 4.37. The third-order valence-corrected chi connectivity index (χ3v) is 7.68. The van der Waals surface area contributed by atoms with Crippen molar-refractivity contribution in [2.24, 2.45) is 0 Å². The van der Waals surface area contributed by atoms with E-state index in [2.05, 4.69) is 15.5 Å². The fraction of sp³-hybridized carbons (Fsp3) is 0.310. The summed E-state index contributed by atoms with van der Waals surface area (Å²) in [5, 5.41) is 7.61. The number of piperazine rings is 1. The molecule has 0 bridgehead atoms.